The molecule has 2 aromatic rings. The van der Waals surface area contributed by atoms with Gasteiger partial charge in [0.05, 0.1) is 11.5 Å². The fourth-order valence-electron chi connectivity index (χ4n) is 7.95. The number of amides is 1. The fourth-order valence-corrected chi connectivity index (χ4v) is 7.95. The molecule has 47 heavy (non-hydrogen) atoms. The molecule has 6 atom stereocenters. The van der Waals surface area contributed by atoms with E-state index in [0.29, 0.717) is 36.3 Å². The SMILES string of the molecule is C=C(c1ccc2c(c1)CCc1cc(C(=O)N(C)C)ccc1C2(C[C@@H](C)NCC(=C)N1C(C#N)C[C@H]2CC21)C1=NC(O)ON1C)N(C)C. The third kappa shape index (κ3) is 5.81. The molecule has 2 aliphatic carbocycles. The summed E-state index contributed by atoms with van der Waals surface area (Å²) < 4.78 is 0. The second-order valence-electron chi connectivity index (χ2n) is 14.0. The molecule has 4 unspecified atom stereocenters. The van der Waals surface area contributed by atoms with Crippen LogP contribution in [0.4, 0.5) is 0 Å². The molecule has 2 aliphatic heterocycles. The maximum absolute atomic E-state index is 13.1. The summed E-state index contributed by atoms with van der Waals surface area (Å²) in [5.41, 5.74) is 7.03. The van der Waals surface area contributed by atoms with Gasteiger partial charge in [0.15, 0.2) is 0 Å². The van der Waals surface area contributed by atoms with Crippen molar-refractivity contribution in [1.82, 2.24) is 25.1 Å². The van der Waals surface area contributed by atoms with E-state index < -0.39 is 11.8 Å². The minimum atomic E-state index is -1.32. The van der Waals surface area contributed by atoms with Crippen molar-refractivity contribution < 1.29 is 14.7 Å². The average Bonchev–Trinajstić information content (AvgIpc) is 3.61. The molecule has 10 heteroatoms. The number of hydrogen-bond donors (Lipinski definition) is 2. The van der Waals surface area contributed by atoms with Crippen LogP contribution < -0.4 is 5.32 Å². The van der Waals surface area contributed by atoms with Crippen molar-refractivity contribution in [3.8, 4) is 6.07 Å². The number of aliphatic imine (C=N–C) groups is 1. The second kappa shape index (κ2) is 12.5. The lowest BCUT2D eigenvalue weighted by molar-refractivity contribution is -0.192. The van der Waals surface area contributed by atoms with E-state index in [1.807, 2.05) is 31.1 Å². The summed E-state index contributed by atoms with van der Waals surface area (Å²) in [6.45, 7) is 11.4. The van der Waals surface area contributed by atoms with E-state index in [1.54, 1.807) is 31.1 Å². The topological polar surface area (TPSA) is 108 Å². The summed E-state index contributed by atoms with van der Waals surface area (Å²) >= 11 is 0. The van der Waals surface area contributed by atoms with Gasteiger partial charge >= 0.3 is 0 Å². The normalized spacial score (nSPS) is 26.3. The molecule has 248 valence electrons. The van der Waals surface area contributed by atoms with Crippen LogP contribution in [0.3, 0.4) is 0 Å². The number of aryl methyl sites for hydroxylation is 2. The first-order valence-electron chi connectivity index (χ1n) is 16.5. The number of likely N-dealkylation sites (tertiary alicyclic amines) is 1. The van der Waals surface area contributed by atoms with Crippen LogP contribution in [0.2, 0.25) is 0 Å². The van der Waals surface area contributed by atoms with Gasteiger partial charge in [-0.25, -0.2) is 14.9 Å². The molecule has 1 saturated carbocycles. The predicted octanol–water partition coefficient (Wildman–Crippen LogP) is 3.73. The zero-order chi connectivity index (χ0) is 33.8. The maximum Gasteiger partial charge on any atom is 0.280 e. The zero-order valence-electron chi connectivity index (χ0n) is 28.5. The second-order valence-corrected chi connectivity index (χ2v) is 14.0. The van der Waals surface area contributed by atoms with Crippen molar-refractivity contribution in [2.45, 2.75) is 69.0 Å². The standard InChI is InChI=1S/C37H47N7O3/c1-22(39-21-23(2)44-30(20-38)17-29-18-33(29)44)19-37(35-40-36(46)47-43(35)8)31-13-11-25(24(3)41(4)5)15-26(31)9-10-27-16-28(12-14-32(27)37)34(45)42(6)7/h11-16,22,29-30,33,36,39,46H,2-3,9-10,17-19,21H2,1,4-8H3/t22-,29+,30?,33?,36?,37?/m1/s1. The fraction of sp³-hybridized carbons (Fsp3) is 0.486. The van der Waals surface area contributed by atoms with Crippen molar-refractivity contribution in [3.63, 3.8) is 0 Å². The summed E-state index contributed by atoms with van der Waals surface area (Å²) in [5, 5.41) is 25.8. The van der Waals surface area contributed by atoms with Crippen molar-refractivity contribution in [3.05, 3.63) is 88.6 Å². The summed E-state index contributed by atoms with van der Waals surface area (Å²) in [7, 11) is 9.29. The Hall–Kier alpha value is -4.17. The number of carbonyl (C=O) groups is 1. The number of amidine groups is 1. The van der Waals surface area contributed by atoms with E-state index in [1.165, 1.54) is 0 Å². The maximum atomic E-state index is 13.1. The van der Waals surface area contributed by atoms with Gasteiger partial charge in [0.1, 0.15) is 11.9 Å². The van der Waals surface area contributed by atoms with Crippen molar-refractivity contribution in [2.24, 2.45) is 10.9 Å². The largest absolute Gasteiger partial charge is 0.378 e. The van der Waals surface area contributed by atoms with E-state index >= 15 is 0 Å². The highest BCUT2D eigenvalue weighted by Gasteiger charge is 2.53. The van der Waals surface area contributed by atoms with E-state index in [-0.39, 0.29) is 18.0 Å². The molecule has 10 nitrogen and oxygen atoms in total. The molecule has 0 spiro atoms. The van der Waals surface area contributed by atoms with Gasteiger partial charge in [-0.1, -0.05) is 31.4 Å². The molecule has 0 bridgehead atoms. The number of hydroxylamine groups is 2. The van der Waals surface area contributed by atoms with Crippen LogP contribution in [0.5, 0.6) is 0 Å². The third-order valence-corrected chi connectivity index (χ3v) is 10.4. The smallest absolute Gasteiger partial charge is 0.280 e. The molecule has 2 heterocycles. The highest BCUT2D eigenvalue weighted by molar-refractivity contribution is 5.99. The van der Waals surface area contributed by atoms with Gasteiger partial charge in [0.2, 0.25) is 0 Å². The Bertz CT molecular complexity index is 1600. The van der Waals surface area contributed by atoms with Gasteiger partial charge in [0, 0.05) is 70.8 Å². The van der Waals surface area contributed by atoms with Gasteiger partial charge in [-0.15, -0.1) is 0 Å². The molecular weight excluding hydrogens is 590 g/mol. The van der Waals surface area contributed by atoms with Crippen molar-refractivity contribution in [1.29, 1.82) is 5.26 Å². The van der Waals surface area contributed by atoms with Gasteiger partial charge in [-0.2, -0.15) is 5.26 Å². The number of hydrogen-bond acceptors (Lipinski definition) is 9. The number of benzene rings is 2. The summed E-state index contributed by atoms with van der Waals surface area (Å²) in [4.78, 5) is 29.4. The Kier molecular flexibility index (Phi) is 8.68. The number of fused-ring (bicyclic) bond motifs is 3. The highest BCUT2D eigenvalue weighted by Crippen LogP contribution is 2.50. The first kappa shape index (κ1) is 32.8. The number of aliphatic hydroxyl groups is 1. The Morgan fingerprint density at radius 2 is 1.74 bits per heavy atom. The molecule has 0 radical (unpaired) electrons. The predicted molar refractivity (Wildman–Crippen MR) is 183 cm³/mol. The quantitative estimate of drug-likeness (QED) is 0.406. The van der Waals surface area contributed by atoms with E-state index in [0.717, 1.165) is 64.9 Å². The van der Waals surface area contributed by atoms with Crippen molar-refractivity contribution >= 4 is 17.4 Å². The Morgan fingerprint density at radius 3 is 2.32 bits per heavy atom. The Balaban J connectivity index is 1.45. The molecular formula is C37H47N7O3. The molecule has 2 N–H and O–H groups in total. The number of nitriles is 1. The molecule has 6 rings (SSSR count). The van der Waals surface area contributed by atoms with Gasteiger partial charge in [-0.3, -0.25) is 4.79 Å². The van der Waals surface area contributed by atoms with E-state index in [4.69, 9.17) is 9.83 Å². The number of nitrogens with zero attached hydrogens (tertiary/aromatic N) is 6. The first-order valence-corrected chi connectivity index (χ1v) is 16.5. The van der Waals surface area contributed by atoms with Gasteiger partial charge < -0.3 is 25.1 Å². The van der Waals surface area contributed by atoms with Crippen LogP contribution in [0.1, 0.15) is 64.4 Å². The van der Waals surface area contributed by atoms with Crippen LogP contribution in [0.25, 0.3) is 5.70 Å². The zero-order valence-corrected chi connectivity index (χ0v) is 28.5. The van der Waals surface area contributed by atoms with Gasteiger partial charge in [0.25, 0.3) is 12.3 Å². The highest BCUT2D eigenvalue weighted by atomic mass is 16.8. The summed E-state index contributed by atoms with van der Waals surface area (Å²) in [6, 6.07) is 15.2. The number of rotatable bonds is 10. The summed E-state index contributed by atoms with van der Waals surface area (Å²) in [5.74, 6) is 1.16. The minimum absolute atomic E-state index is 0.0444. The van der Waals surface area contributed by atoms with Crippen LogP contribution in [-0.4, -0.2) is 103 Å². The number of aliphatic hydroxyl groups excluding tert-OH is 1. The first-order chi connectivity index (χ1) is 22.3. The van der Waals surface area contributed by atoms with Crippen molar-refractivity contribution in [2.75, 3.05) is 41.8 Å². The lowest BCUT2D eigenvalue weighted by Gasteiger charge is -2.40. The van der Waals surface area contributed by atoms with E-state index in [2.05, 4.69) is 60.6 Å². The minimum Gasteiger partial charge on any atom is -0.378 e. The van der Waals surface area contributed by atoms with Crippen LogP contribution in [0, 0.1) is 17.2 Å². The molecule has 0 aromatic heterocycles. The number of piperidine rings is 1. The number of likely N-dealkylation sites (N-methyl/N-ethyl adjacent to an activating group) is 1. The number of nitrogens with one attached hydrogen (secondary N) is 1. The Labute approximate surface area is 278 Å². The molecule has 2 fully saturated rings. The lowest BCUT2D eigenvalue weighted by Crippen LogP contribution is -2.49. The van der Waals surface area contributed by atoms with Crippen LogP contribution in [-0.2, 0) is 23.1 Å². The van der Waals surface area contributed by atoms with Crippen LogP contribution in [0.15, 0.2) is 60.2 Å². The monoisotopic (exact) mass is 637 g/mol. The number of carbonyl (C=O) groups excluding carboxylic acids is 1. The van der Waals surface area contributed by atoms with E-state index in [9.17, 15) is 15.2 Å². The lowest BCUT2D eigenvalue weighted by atomic mass is 9.67. The van der Waals surface area contributed by atoms with Crippen LogP contribution >= 0.6 is 0 Å². The molecule has 1 saturated heterocycles. The Morgan fingerprint density at radius 1 is 1.11 bits per heavy atom. The summed E-state index contributed by atoms with van der Waals surface area (Å²) in [6.07, 6.45) is 2.80. The van der Waals surface area contributed by atoms with Gasteiger partial charge in [-0.05, 0) is 91.0 Å². The third-order valence-electron chi connectivity index (χ3n) is 10.4. The average molecular weight is 638 g/mol. The molecule has 1 amide bonds. The molecule has 2 aromatic carbocycles. The molecule has 4 aliphatic rings.